The Morgan fingerprint density at radius 2 is 1.76 bits per heavy atom. The van der Waals surface area contributed by atoms with E-state index >= 15 is 0 Å². The van der Waals surface area contributed by atoms with Gasteiger partial charge in [0.15, 0.2) is 0 Å². The first-order chi connectivity index (χ1) is 18.5. The van der Waals surface area contributed by atoms with Gasteiger partial charge in [0, 0.05) is 45.5 Å². The van der Waals surface area contributed by atoms with Crippen LogP contribution in [-0.2, 0) is 0 Å². The van der Waals surface area contributed by atoms with Crippen LogP contribution in [0.1, 0.15) is 20.3 Å². The molecule has 1 aromatic carbocycles. The number of fused-ring (bicyclic) bond motifs is 2. The van der Waals surface area contributed by atoms with E-state index in [1.807, 2.05) is 24.3 Å². The molecule has 0 radical (unpaired) electrons. The Balaban J connectivity index is 1.39. The van der Waals surface area contributed by atoms with E-state index in [2.05, 4.69) is 55.9 Å². The van der Waals surface area contributed by atoms with Crippen LogP contribution in [0.25, 0.3) is 55.7 Å². The number of rotatable bonds is 7. The molecule has 6 rings (SSSR count). The Bertz CT molecular complexity index is 1780. The van der Waals surface area contributed by atoms with Crippen LogP contribution in [0.2, 0.25) is 0 Å². The fourth-order valence-corrected chi connectivity index (χ4v) is 4.50. The van der Waals surface area contributed by atoms with Crippen molar-refractivity contribution in [2.75, 3.05) is 5.32 Å². The van der Waals surface area contributed by atoms with Gasteiger partial charge in [-0.1, -0.05) is 20.4 Å². The molecule has 188 valence electrons. The smallest absolute Gasteiger partial charge is 0.123 e. The maximum absolute atomic E-state index is 13.5. The van der Waals surface area contributed by atoms with Gasteiger partial charge >= 0.3 is 0 Å². The summed E-state index contributed by atoms with van der Waals surface area (Å²) in [4.78, 5) is 17.1. The van der Waals surface area contributed by atoms with Crippen LogP contribution in [0.3, 0.4) is 0 Å². The van der Waals surface area contributed by atoms with Crippen LogP contribution in [0.5, 0.6) is 0 Å². The number of hydrogen-bond donors (Lipinski definition) is 3. The molecular formula is C30H26FN7. The van der Waals surface area contributed by atoms with Crippen molar-refractivity contribution in [3.63, 3.8) is 0 Å². The van der Waals surface area contributed by atoms with Gasteiger partial charge in [-0.2, -0.15) is 5.10 Å². The normalized spacial score (nSPS) is 12.2. The second kappa shape index (κ2) is 9.55. The average Bonchev–Trinajstić information content (AvgIpc) is 3.57. The number of benzene rings is 1. The standard InChI is InChI=1S/C30H26FN7/c1-4-17(2)18(3)35-22-11-20(14-32-15-22)26-12-24-28(16-34-26)37-38-30(24)27-13-23-25(36-27)9-10-33-29(23)19-5-7-21(31)8-6-19/h5-17,35-36H,3-4H2,1-2H3,(H,37,38). The Kier molecular flexibility index (Phi) is 5.92. The van der Waals surface area contributed by atoms with Crippen molar-refractivity contribution >= 4 is 27.5 Å². The molecule has 0 aliphatic carbocycles. The molecule has 0 saturated heterocycles. The number of H-pyrrole nitrogens is 2. The minimum absolute atomic E-state index is 0.278. The number of nitrogens with zero attached hydrogens (tertiary/aromatic N) is 4. The van der Waals surface area contributed by atoms with Crippen molar-refractivity contribution < 1.29 is 4.39 Å². The van der Waals surface area contributed by atoms with Crippen LogP contribution in [0.15, 0.2) is 85.6 Å². The second-order valence-corrected chi connectivity index (χ2v) is 9.42. The van der Waals surface area contributed by atoms with Gasteiger partial charge in [-0.3, -0.25) is 20.1 Å². The largest absolute Gasteiger partial charge is 0.358 e. The van der Waals surface area contributed by atoms with Gasteiger partial charge in [0.2, 0.25) is 0 Å². The molecule has 0 aliphatic rings. The van der Waals surface area contributed by atoms with Gasteiger partial charge in [0.25, 0.3) is 0 Å². The summed E-state index contributed by atoms with van der Waals surface area (Å²) in [5, 5.41) is 12.9. The van der Waals surface area contributed by atoms with Crippen LogP contribution in [-0.4, -0.2) is 30.1 Å². The summed E-state index contributed by atoms with van der Waals surface area (Å²) < 4.78 is 13.5. The summed E-state index contributed by atoms with van der Waals surface area (Å²) in [5.74, 6) is 0.0803. The predicted molar refractivity (Wildman–Crippen MR) is 150 cm³/mol. The van der Waals surface area contributed by atoms with Gasteiger partial charge < -0.3 is 10.3 Å². The molecule has 0 aliphatic heterocycles. The molecule has 8 heteroatoms. The first-order valence-electron chi connectivity index (χ1n) is 12.5. The Morgan fingerprint density at radius 1 is 0.947 bits per heavy atom. The molecular weight excluding hydrogens is 477 g/mol. The zero-order valence-electron chi connectivity index (χ0n) is 21.1. The van der Waals surface area contributed by atoms with Crippen molar-refractivity contribution in [1.29, 1.82) is 0 Å². The summed E-state index contributed by atoms with van der Waals surface area (Å²) in [7, 11) is 0. The molecule has 3 N–H and O–H groups in total. The molecule has 0 fully saturated rings. The maximum Gasteiger partial charge on any atom is 0.123 e. The van der Waals surface area contributed by atoms with Crippen LogP contribution < -0.4 is 5.32 Å². The SMILES string of the molecule is C=C(Nc1cncc(-c2cc3c(-c4cc5c(-c6ccc(F)cc6)nccc5[nH]4)n[nH]c3cn2)c1)C(C)CC. The number of anilines is 1. The lowest BCUT2D eigenvalue weighted by molar-refractivity contribution is 0.628. The van der Waals surface area contributed by atoms with E-state index < -0.39 is 0 Å². The van der Waals surface area contributed by atoms with Crippen molar-refractivity contribution in [3.8, 4) is 33.9 Å². The molecule has 0 spiro atoms. The first kappa shape index (κ1) is 23.5. The monoisotopic (exact) mass is 503 g/mol. The number of aromatic nitrogens is 6. The van der Waals surface area contributed by atoms with E-state index in [1.54, 1.807) is 36.9 Å². The van der Waals surface area contributed by atoms with Gasteiger partial charge in [0.1, 0.15) is 11.5 Å². The van der Waals surface area contributed by atoms with Crippen LogP contribution >= 0.6 is 0 Å². The lowest BCUT2D eigenvalue weighted by Crippen LogP contribution is -2.07. The summed E-state index contributed by atoms with van der Waals surface area (Å²) >= 11 is 0. The Labute approximate surface area is 218 Å². The van der Waals surface area contributed by atoms with Crippen molar-refractivity contribution in [2.24, 2.45) is 5.92 Å². The van der Waals surface area contributed by atoms with Crippen LogP contribution in [0.4, 0.5) is 10.1 Å². The van der Waals surface area contributed by atoms with Crippen molar-refractivity contribution in [3.05, 3.63) is 91.4 Å². The summed E-state index contributed by atoms with van der Waals surface area (Å²) in [6, 6.07) is 14.4. The third-order valence-corrected chi connectivity index (χ3v) is 6.91. The fraction of sp³-hybridized carbons (Fsp3) is 0.133. The van der Waals surface area contributed by atoms with Gasteiger partial charge in [0.05, 0.1) is 40.7 Å². The quantitative estimate of drug-likeness (QED) is 0.212. The first-order valence-corrected chi connectivity index (χ1v) is 12.5. The molecule has 5 aromatic heterocycles. The molecule has 38 heavy (non-hydrogen) atoms. The molecule has 5 heterocycles. The van der Waals surface area contributed by atoms with E-state index in [0.29, 0.717) is 5.92 Å². The van der Waals surface area contributed by atoms with E-state index in [1.165, 1.54) is 12.1 Å². The number of hydrogen-bond acceptors (Lipinski definition) is 5. The van der Waals surface area contributed by atoms with E-state index in [4.69, 9.17) is 0 Å². The maximum atomic E-state index is 13.5. The minimum atomic E-state index is -0.278. The van der Waals surface area contributed by atoms with E-state index in [9.17, 15) is 4.39 Å². The highest BCUT2D eigenvalue weighted by Crippen LogP contribution is 2.34. The molecule has 1 atom stereocenters. The highest BCUT2D eigenvalue weighted by molar-refractivity contribution is 6.00. The highest BCUT2D eigenvalue weighted by Gasteiger charge is 2.16. The van der Waals surface area contributed by atoms with Gasteiger partial charge in [-0.15, -0.1) is 0 Å². The summed E-state index contributed by atoms with van der Waals surface area (Å²) in [6.07, 6.45) is 8.13. The lowest BCUT2D eigenvalue weighted by atomic mass is 10.1. The van der Waals surface area contributed by atoms with Crippen LogP contribution in [0, 0.1) is 11.7 Å². The minimum Gasteiger partial charge on any atom is -0.358 e. The zero-order valence-corrected chi connectivity index (χ0v) is 21.1. The van der Waals surface area contributed by atoms with Crippen molar-refractivity contribution in [2.45, 2.75) is 20.3 Å². The average molecular weight is 504 g/mol. The molecule has 6 aromatic rings. The second-order valence-electron chi connectivity index (χ2n) is 9.42. The third-order valence-electron chi connectivity index (χ3n) is 6.91. The number of pyridine rings is 3. The Morgan fingerprint density at radius 3 is 2.58 bits per heavy atom. The molecule has 1 unspecified atom stereocenters. The molecule has 0 saturated carbocycles. The number of halogens is 1. The van der Waals surface area contributed by atoms with E-state index in [0.717, 1.165) is 73.5 Å². The molecule has 0 bridgehead atoms. The fourth-order valence-electron chi connectivity index (χ4n) is 4.50. The summed E-state index contributed by atoms with van der Waals surface area (Å²) in [6.45, 7) is 8.44. The summed E-state index contributed by atoms with van der Waals surface area (Å²) in [5.41, 5.74) is 8.50. The number of allylic oxidation sites excluding steroid dienone is 1. The number of aromatic amines is 2. The zero-order chi connectivity index (χ0) is 26.2. The number of nitrogens with one attached hydrogen (secondary N) is 3. The highest BCUT2D eigenvalue weighted by atomic mass is 19.1. The van der Waals surface area contributed by atoms with Crippen molar-refractivity contribution in [1.82, 2.24) is 30.1 Å². The van der Waals surface area contributed by atoms with Gasteiger partial charge in [-0.25, -0.2) is 4.39 Å². The molecule has 0 amide bonds. The predicted octanol–water partition coefficient (Wildman–Crippen LogP) is 7.34. The topological polar surface area (TPSA) is 95.2 Å². The Hall–Kier alpha value is -4.85. The van der Waals surface area contributed by atoms with Gasteiger partial charge in [-0.05, 0) is 60.9 Å². The lowest BCUT2D eigenvalue weighted by Gasteiger charge is -2.15. The third kappa shape index (κ3) is 4.30. The van der Waals surface area contributed by atoms with E-state index in [-0.39, 0.29) is 5.82 Å². The molecule has 7 nitrogen and oxygen atoms in total.